The topological polar surface area (TPSA) is 113 Å². The van der Waals surface area contributed by atoms with Gasteiger partial charge in [0.1, 0.15) is 0 Å². The third-order valence-electron chi connectivity index (χ3n) is 2.15. The van der Waals surface area contributed by atoms with E-state index in [0.29, 0.717) is 0 Å². The zero-order chi connectivity index (χ0) is 13.7. The molecule has 0 aromatic heterocycles. The van der Waals surface area contributed by atoms with Gasteiger partial charge >= 0.3 is 5.97 Å². The Balaban J connectivity index is 2.97. The second-order valence-corrected chi connectivity index (χ2v) is 3.79. The highest BCUT2D eigenvalue weighted by Crippen LogP contribution is 2.22. The average Bonchev–Trinajstić information content (AvgIpc) is 2.35. The van der Waals surface area contributed by atoms with Gasteiger partial charge in [0.15, 0.2) is 0 Å². The Kier molecular flexibility index (Phi) is 4.87. The van der Waals surface area contributed by atoms with Gasteiger partial charge in [-0.25, -0.2) is 4.79 Å². The van der Waals surface area contributed by atoms with Gasteiger partial charge in [-0.2, -0.15) is 0 Å². The molecule has 0 radical (unpaired) electrons. The summed E-state index contributed by atoms with van der Waals surface area (Å²) < 4.78 is 0. The average molecular weight is 275 g/mol. The number of alkyl halides is 1. The minimum atomic E-state index is -1.29. The van der Waals surface area contributed by atoms with Crippen molar-refractivity contribution < 1.29 is 19.9 Å². The lowest BCUT2D eigenvalue weighted by molar-refractivity contribution is -0.384. The minimum absolute atomic E-state index is 0.00237. The lowest BCUT2D eigenvalue weighted by Gasteiger charge is -2.11. The molecular formula is C10H11ClN2O5. The van der Waals surface area contributed by atoms with Crippen molar-refractivity contribution >= 4 is 28.9 Å². The Bertz CT molecular complexity index is 466. The van der Waals surface area contributed by atoms with Crippen LogP contribution in [0.4, 0.5) is 11.4 Å². The zero-order valence-corrected chi connectivity index (χ0v) is 9.92. The molecule has 98 valence electrons. The van der Waals surface area contributed by atoms with Gasteiger partial charge < -0.3 is 15.5 Å². The molecule has 3 N–H and O–H groups in total. The third-order valence-corrected chi connectivity index (χ3v) is 2.51. The molecule has 0 aliphatic heterocycles. The number of carboxylic acid groups (broad SMARTS) is 1. The molecule has 0 fully saturated rings. The summed E-state index contributed by atoms with van der Waals surface area (Å²) in [7, 11) is 0. The number of aliphatic hydroxyl groups excluding tert-OH is 1. The fraction of sp³-hybridized carbons (Fsp3) is 0.300. The molecule has 0 aliphatic carbocycles. The summed E-state index contributed by atoms with van der Waals surface area (Å²) in [5, 5.41) is 31.4. The van der Waals surface area contributed by atoms with E-state index < -0.39 is 17.0 Å². The number of carboxylic acids is 1. The van der Waals surface area contributed by atoms with Gasteiger partial charge in [-0.3, -0.25) is 10.1 Å². The summed E-state index contributed by atoms with van der Waals surface area (Å²) in [5.74, 6) is -1.29. The number of halogens is 1. The van der Waals surface area contributed by atoms with Crippen LogP contribution >= 0.6 is 11.6 Å². The van der Waals surface area contributed by atoms with Crippen molar-refractivity contribution in [3.8, 4) is 0 Å². The van der Waals surface area contributed by atoms with E-state index in [-0.39, 0.29) is 29.4 Å². The molecule has 18 heavy (non-hydrogen) atoms. The van der Waals surface area contributed by atoms with Crippen LogP contribution in [0.5, 0.6) is 0 Å². The number of aliphatic hydroxyl groups is 1. The molecular weight excluding hydrogens is 264 g/mol. The first kappa shape index (κ1) is 14.2. The largest absolute Gasteiger partial charge is 0.478 e. The van der Waals surface area contributed by atoms with Crippen molar-refractivity contribution in [1.29, 1.82) is 0 Å². The van der Waals surface area contributed by atoms with Gasteiger partial charge in [-0.15, -0.1) is 11.6 Å². The lowest BCUT2D eigenvalue weighted by atomic mass is 10.1. The van der Waals surface area contributed by atoms with Crippen LogP contribution in [-0.2, 0) is 0 Å². The number of nitrogens with one attached hydrogen (secondary N) is 1. The van der Waals surface area contributed by atoms with Crippen LogP contribution in [0.2, 0.25) is 0 Å². The SMILES string of the molecule is O=C(O)c1cc([N+](=O)[O-])ccc1NCC(O)CCl. The van der Waals surface area contributed by atoms with E-state index in [1.807, 2.05) is 0 Å². The molecule has 0 saturated heterocycles. The standard InChI is InChI=1S/C10H11ClN2O5/c11-4-7(14)5-12-9-2-1-6(13(17)18)3-8(9)10(15)16/h1-3,7,12,14H,4-5H2,(H,15,16). The van der Waals surface area contributed by atoms with Crippen LogP contribution in [-0.4, -0.2) is 39.6 Å². The third kappa shape index (κ3) is 3.57. The number of hydrogen-bond donors (Lipinski definition) is 3. The van der Waals surface area contributed by atoms with Crippen molar-refractivity contribution in [2.75, 3.05) is 17.7 Å². The fourth-order valence-corrected chi connectivity index (χ4v) is 1.37. The van der Waals surface area contributed by atoms with Crippen molar-refractivity contribution in [2.45, 2.75) is 6.10 Å². The van der Waals surface area contributed by atoms with E-state index in [0.717, 1.165) is 6.07 Å². The van der Waals surface area contributed by atoms with Gasteiger partial charge in [0.05, 0.1) is 22.5 Å². The lowest BCUT2D eigenvalue weighted by Crippen LogP contribution is -2.21. The maximum atomic E-state index is 11.0. The number of anilines is 1. The van der Waals surface area contributed by atoms with E-state index in [9.17, 15) is 20.0 Å². The highest BCUT2D eigenvalue weighted by Gasteiger charge is 2.16. The van der Waals surface area contributed by atoms with Crippen LogP contribution in [0.3, 0.4) is 0 Å². The van der Waals surface area contributed by atoms with Crippen LogP contribution < -0.4 is 5.32 Å². The maximum absolute atomic E-state index is 11.0. The van der Waals surface area contributed by atoms with Crippen LogP contribution in [0.15, 0.2) is 18.2 Å². The quantitative estimate of drug-likeness (QED) is 0.409. The summed E-state index contributed by atoms with van der Waals surface area (Å²) in [5.41, 5.74) is -0.348. The smallest absolute Gasteiger partial charge is 0.338 e. The minimum Gasteiger partial charge on any atom is -0.478 e. The van der Waals surface area contributed by atoms with Gasteiger partial charge in [-0.05, 0) is 6.07 Å². The Hall–Kier alpha value is -1.86. The molecule has 0 bridgehead atoms. The molecule has 0 aliphatic rings. The van der Waals surface area contributed by atoms with E-state index in [2.05, 4.69) is 5.32 Å². The second-order valence-electron chi connectivity index (χ2n) is 3.48. The summed E-state index contributed by atoms with van der Waals surface area (Å²) >= 11 is 5.39. The maximum Gasteiger partial charge on any atom is 0.338 e. The molecule has 0 saturated carbocycles. The van der Waals surface area contributed by atoms with Gasteiger partial charge in [0.25, 0.3) is 5.69 Å². The van der Waals surface area contributed by atoms with Crippen LogP contribution in [0.25, 0.3) is 0 Å². The van der Waals surface area contributed by atoms with Crippen molar-refractivity contribution in [3.05, 3.63) is 33.9 Å². The molecule has 1 unspecified atom stereocenters. The molecule has 0 spiro atoms. The predicted octanol–water partition coefficient (Wildman–Crippen LogP) is 1.30. The molecule has 7 nitrogen and oxygen atoms in total. The number of nitrogens with zero attached hydrogens (tertiary/aromatic N) is 1. The van der Waals surface area contributed by atoms with Gasteiger partial charge in [-0.1, -0.05) is 0 Å². The van der Waals surface area contributed by atoms with Crippen LogP contribution in [0.1, 0.15) is 10.4 Å². The highest BCUT2D eigenvalue weighted by atomic mass is 35.5. The second kappa shape index (κ2) is 6.18. The number of non-ortho nitro benzene ring substituents is 1. The number of rotatable bonds is 6. The molecule has 1 rings (SSSR count). The molecule has 0 amide bonds. The highest BCUT2D eigenvalue weighted by molar-refractivity contribution is 6.18. The fourth-order valence-electron chi connectivity index (χ4n) is 1.26. The Morgan fingerprint density at radius 3 is 2.72 bits per heavy atom. The number of aromatic carboxylic acids is 1. The predicted molar refractivity (Wildman–Crippen MR) is 65.3 cm³/mol. The van der Waals surface area contributed by atoms with Crippen molar-refractivity contribution in [2.24, 2.45) is 0 Å². The summed E-state index contributed by atoms with van der Waals surface area (Å²) in [6.45, 7) is 0.0571. The number of nitro groups is 1. The first-order chi connectivity index (χ1) is 8.45. The summed E-state index contributed by atoms with van der Waals surface area (Å²) in [4.78, 5) is 20.8. The Labute approximate surface area is 107 Å². The first-order valence-electron chi connectivity index (χ1n) is 4.95. The van der Waals surface area contributed by atoms with E-state index >= 15 is 0 Å². The normalized spacial score (nSPS) is 11.9. The van der Waals surface area contributed by atoms with Gasteiger partial charge in [0.2, 0.25) is 0 Å². The van der Waals surface area contributed by atoms with Gasteiger partial charge in [0, 0.05) is 24.4 Å². The number of carbonyl (C=O) groups is 1. The molecule has 1 aromatic carbocycles. The van der Waals surface area contributed by atoms with E-state index in [4.69, 9.17) is 16.7 Å². The summed E-state index contributed by atoms with van der Waals surface area (Å²) in [6.07, 6.45) is -0.830. The zero-order valence-electron chi connectivity index (χ0n) is 9.17. The number of benzene rings is 1. The Morgan fingerprint density at radius 1 is 1.56 bits per heavy atom. The first-order valence-corrected chi connectivity index (χ1v) is 5.48. The van der Waals surface area contributed by atoms with E-state index in [1.54, 1.807) is 0 Å². The van der Waals surface area contributed by atoms with E-state index in [1.165, 1.54) is 12.1 Å². The van der Waals surface area contributed by atoms with Crippen LogP contribution in [0, 0.1) is 10.1 Å². The number of hydrogen-bond acceptors (Lipinski definition) is 5. The van der Waals surface area contributed by atoms with Crippen molar-refractivity contribution in [1.82, 2.24) is 0 Å². The molecule has 1 atom stereocenters. The monoisotopic (exact) mass is 274 g/mol. The molecule has 8 heteroatoms. The molecule has 1 aromatic rings. The van der Waals surface area contributed by atoms with Crippen molar-refractivity contribution in [3.63, 3.8) is 0 Å². The Morgan fingerprint density at radius 2 is 2.22 bits per heavy atom. The number of nitro benzene ring substituents is 1. The molecule has 0 heterocycles. The summed E-state index contributed by atoms with van der Waals surface area (Å²) in [6, 6.07) is 3.42.